The molecule has 3 heteroatoms. The van der Waals surface area contributed by atoms with Crippen molar-refractivity contribution in [3.8, 4) is 11.1 Å². The maximum atomic E-state index is 4.45. The predicted molar refractivity (Wildman–Crippen MR) is 119 cm³/mol. The number of hydrogen-bond donors (Lipinski definition) is 1. The summed E-state index contributed by atoms with van der Waals surface area (Å²) < 4.78 is 2.53. The summed E-state index contributed by atoms with van der Waals surface area (Å²) in [5.74, 6) is 0.875. The predicted octanol–water partition coefficient (Wildman–Crippen LogP) is 5.75. The fourth-order valence-corrected chi connectivity index (χ4v) is 6.26. The lowest BCUT2D eigenvalue weighted by molar-refractivity contribution is 0.000898. The van der Waals surface area contributed by atoms with Gasteiger partial charge in [-0.15, -0.1) is 0 Å². The molecule has 1 aromatic carbocycles. The van der Waals surface area contributed by atoms with Gasteiger partial charge >= 0.3 is 0 Å². The Morgan fingerprint density at radius 3 is 2.72 bits per heavy atom. The molecule has 3 heterocycles. The monoisotopic (exact) mass is 385 g/mol. The van der Waals surface area contributed by atoms with Crippen molar-refractivity contribution in [2.45, 2.75) is 57.4 Å². The van der Waals surface area contributed by atoms with Gasteiger partial charge in [0.05, 0.1) is 11.7 Å². The number of hydrogen-bond acceptors (Lipinski definition) is 2. The van der Waals surface area contributed by atoms with Crippen LogP contribution in [-0.2, 0) is 6.42 Å². The van der Waals surface area contributed by atoms with Gasteiger partial charge < -0.3 is 9.88 Å². The van der Waals surface area contributed by atoms with Gasteiger partial charge in [0.2, 0.25) is 0 Å². The highest BCUT2D eigenvalue weighted by Gasteiger charge is 2.47. The van der Waals surface area contributed by atoms with Crippen LogP contribution in [0.25, 0.3) is 22.0 Å². The van der Waals surface area contributed by atoms with Crippen LogP contribution in [0.2, 0.25) is 0 Å². The number of rotatable bonds is 4. The molecule has 3 aliphatic rings. The minimum absolute atomic E-state index is 0.634. The van der Waals surface area contributed by atoms with E-state index in [0.717, 1.165) is 5.92 Å². The molecule has 3 aromatic rings. The van der Waals surface area contributed by atoms with Crippen LogP contribution in [0.4, 0.5) is 0 Å². The Bertz CT molecular complexity index is 1020. The van der Waals surface area contributed by atoms with Crippen LogP contribution in [0.5, 0.6) is 0 Å². The molecule has 29 heavy (non-hydrogen) atoms. The fraction of sp³-hybridized carbons (Fsp3) is 0.500. The first-order valence-electron chi connectivity index (χ1n) is 11.5. The number of nitrogens with zero attached hydrogens (tertiary/aromatic N) is 2. The third-order valence-corrected chi connectivity index (χ3v) is 7.81. The average Bonchev–Trinajstić information content (AvgIpc) is 3.10. The number of pyridine rings is 1. The third kappa shape index (κ3) is 3.11. The van der Waals surface area contributed by atoms with Crippen molar-refractivity contribution in [3.63, 3.8) is 0 Å². The standard InChI is InChI=1S/C26H31N3/c1-2-7-22(8-3-1)29-16-24(23-9-10-27-15-25(23)29)21-6-4-5-19(12-21)11-20-13-26(14-20)17-28-18-26/h4-6,9-10,12,15-16,20,22,28H,1-3,7-8,11,13-14,17-18H2. The molecule has 0 amide bonds. The van der Waals surface area contributed by atoms with E-state index in [1.54, 1.807) is 0 Å². The molecule has 2 aliphatic carbocycles. The summed E-state index contributed by atoms with van der Waals surface area (Å²) in [6.45, 7) is 2.50. The lowest BCUT2D eigenvalue weighted by Crippen LogP contribution is -2.60. The van der Waals surface area contributed by atoms with Crippen molar-refractivity contribution in [2.24, 2.45) is 11.3 Å². The Morgan fingerprint density at radius 2 is 1.93 bits per heavy atom. The van der Waals surface area contributed by atoms with E-state index in [4.69, 9.17) is 0 Å². The SMILES string of the molecule is c1cc(CC2CC3(CNC3)C2)cc(-c2cn(C3CCCCC3)c3cnccc23)c1. The van der Waals surface area contributed by atoms with Crippen LogP contribution in [-0.4, -0.2) is 22.6 Å². The maximum absolute atomic E-state index is 4.45. The van der Waals surface area contributed by atoms with Gasteiger partial charge in [0, 0.05) is 42.5 Å². The Balaban J connectivity index is 1.30. The van der Waals surface area contributed by atoms with Crippen molar-refractivity contribution >= 4 is 10.9 Å². The van der Waals surface area contributed by atoms with E-state index in [0.29, 0.717) is 11.5 Å². The van der Waals surface area contributed by atoms with Crippen LogP contribution in [0, 0.1) is 11.3 Å². The second-order valence-corrected chi connectivity index (χ2v) is 9.92. The highest BCUT2D eigenvalue weighted by atomic mass is 15.0. The van der Waals surface area contributed by atoms with E-state index < -0.39 is 0 Å². The summed E-state index contributed by atoms with van der Waals surface area (Å²) in [4.78, 5) is 4.45. The van der Waals surface area contributed by atoms with E-state index in [9.17, 15) is 0 Å². The minimum atomic E-state index is 0.634. The van der Waals surface area contributed by atoms with Crippen molar-refractivity contribution in [1.82, 2.24) is 14.9 Å². The molecule has 150 valence electrons. The molecule has 1 aliphatic heterocycles. The summed E-state index contributed by atoms with van der Waals surface area (Å²) in [5.41, 5.74) is 6.22. The zero-order chi connectivity index (χ0) is 19.3. The van der Waals surface area contributed by atoms with Gasteiger partial charge in [-0.1, -0.05) is 43.5 Å². The van der Waals surface area contributed by atoms with Crippen molar-refractivity contribution in [2.75, 3.05) is 13.1 Å². The van der Waals surface area contributed by atoms with Gasteiger partial charge in [0.25, 0.3) is 0 Å². The second kappa shape index (κ2) is 6.98. The third-order valence-electron chi connectivity index (χ3n) is 7.81. The molecular formula is C26H31N3. The van der Waals surface area contributed by atoms with Gasteiger partial charge in [0.15, 0.2) is 0 Å². The van der Waals surface area contributed by atoms with Crippen LogP contribution >= 0.6 is 0 Å². The molecule has 6 rings (SSSR count). The molecule has 0 unspecified atom stereocenters. The van der Waals surface area contributed by atoms with Crippen molar-refractivity contribution < 1.29 is 0 Å². The van der Waals surface area contributed by atoms with Gasteiger partial charge in [-0.2, -0.15) is 0 Å². The molecule has 0 atom stereocenters. The Kier molecular flexibility index (Phi) is 4.26. The largest absolute Gasteiger partial charge is 0.343 e. The first-order valence-corrected chi connectivity index (χ1v) is 11.5. The first kappa shape index (κ1) is 17.7. The molecule has 1 saturated heterocycles. The molecule has 1 spiro atoms. The Morgan fingerprint density at radius 1 is 1.07 bits per heavy atom. The van der Waals surface area contributed by atoms with E-state index in [2.05, 4.69) is 57.6 Å². The molecule has 0 bridgehead atoms. The van der Waals surface area contributed by atoms with Crippen LogP contribution in [0.3, 0.4) is 0 Å². The summed E-state index contributed by atoms with van der Waals surface area (Å²) in [7, 11) is 0. The van der Waals surface area contributed by atoms with Crippen LogP contribution < -0.4 is 5.32 Å². The smallest absolute Gasteiger partial charge is 0.0675 e. The lowest BCUT2D eigenvalue weighted by Gasteiger charge is -2.54. The molecule has 2 saturated carbocycles. The number of benzene rings is 1. The van der Waals surface area contributed by atoms with Crippen LogP contribution in [0.15, 0.2) is 48.9 Å². The molecule has 3 fully saturated rings. The topological polar surface area (TPSA) is 29.9 Å². The van der Waals surface area contributed by atoms with E-state index in [-0.39, 0.29) is 0 Å². The summed E-state index contributed by atoms with van der Waals surface area (Å²) in [6, 6.07) is 12.2. The zero-order valence-corrected chi connectivity index (χ0v) is 17.2. The highest BCUT2D eigenvalue weighted by molar-refractivity contribution is 5.95. The molecular weight excluding hydrogens is 354 g/mol. The summed E-state index contributed by atoms with van der Waals surface area (Å²) in [5, 5.41) is 4.81. The number of nitrogens with one attached hydrogen (secondary N) is 1. The van der Waals surface area contributed by atoms with E-state index in [1.807, 2.05) is 6.20 Å². The van der Waals surface area contributed by atoms with Crippen molar-refractivity contribution in [1.29, 1.82) is 0 Å². The fourth-order valence-electron chi connectivity index (χ4n) is 6.26. The first-order chi connectivity index (χ1) is 14.3. The second-order valence-electron chi connectivity index (χ2n) is 9.92. The Hall–Kier alpha value is -2.13. The molecule has 3 nitrogen and oxygen atoms in total. The van der Waals surface area contributed by atoms with Gasteiger partial charge in [-0.05, 0) is 60.6 Å². The number of fused-ring (bicyclic) bond motifs is 1. The molecule has 0 radical (unpaired) electrons. The summed E-state index contributed by atoms with van der Waals surface area (Å²) in [6.07, 6.45) is 17.2. The maximum Gasteiger partial charge on any atom is 0.0675 e. The minimum Gasteiger partial charge on any atom is -0.343 e. The molecule has 2 aromatic heterocycles. The lowest BCUT2D eigenvalue weighted by atomic mass is 9.57. The van der Waals surface area contributed by atoms with E-state index >= 15 is 0 Å². The quantitative estimate of drug-likeness (QED) is 0.620. The number of aromatic nitrogens is 2. The molecule has 1 N–H and O–H groups in total. The van der Waals surface area contributed by atoms with Gasteiger partial charge in [0.1, 0.15) is 0 Å². The zero-order valence-electron chi connectivity index (χ0n) is 17.2. The Labute approximate surface area is 173 Å². The van der Waals surface area contributed by atoms with Gasteiger partial charge in [-0.25, -0.2) is 0 Å². The van der Waals surface area contributed by atoms with Gasteiger partial charge in [-0.3, -0.25) is 4.98 Å². The normalized spacial score (nSPS) is 21.9. The van der Waals surface area contributed by atoms with Crippen molar-refractivity contribution in [3.05, 3.63) is 54.5 Å². The average molecular weight is 386 g/mol. The van der Waals surface area contributed by atoms with E-state index in [1.165, 1.54) is 92.0 Å². The van der Waals surface area contributed by atoms with Crippen LogP contribution in [0.1, 0.15) is 56.6 Å². The summed E-state index contributed by atoms with van der Waals surface area (Å²) >= 11 is 0. The highest BCUT2D eigenvalue weighted by Crippen LogP contribution is 2.49.